The molecule has 0 saturated carbocycles. The van der Waals surface area contributed by atoms with Gasteiger partial charge in [0.05, 0.1) is 17.3 Å². The number of furan rings is 1. The summed E-state index contributed by atoms with van der Waals surface area (Å²) in [7, 11) is 0. The Morgan fingerprint density at radius 2 is 2.09 bits per heavy atom. The van der Waals surface area contributed by atoms with Crippen molar-refractivity contribution in [1.29, 1.82) is 0 Å². The van der Waals surface area contributed by atoms with Gasteiger partial charge in [-0.3, -0.25) is 4.79 Å². The van der Waals surface area contributed by atoms with Gasteiger partial charge in [0.25, 0.3) is 5.91 Å². The van der Waals surface area contributed by atoms with E-state index in [1.165, 1.54) is 6.26 Å². The molecule has 22 heavy (non-hydrogen) atoms. The van der Waals surface area contributed by atoms with Crippen LogP contribution in [0.25, 0.3) is 11.0 Å². The third-order valence-corrected chi connectivity index (χ3v) is 3.56. The minimum Gasteiger partial charge on any atom is -0.459 e. The second-order valence-corrected chi connectivity index (χ2v) is 5.46. The average molecular weight is 297 g/mol. The number of nitrogens with zero attached hydrogens (tertiary/aromatic N) is 2. The number of hydrogen-bond acceptors (Lipinski definition) is 3. The van der Waals surface area contributed by atoms with Gasteiger partial charge >= 0.3 is 0 Å². The first kappa shape index (κ1) is 14.4. The topological polar surface area (TPSA) is 60.1 Å². The van der Waals surface area contributed by atoms with Crippen molar-refractivity contribution in [3.05, 3.63) is 54.2 Å². The first-order valence-electron chi connectivity index (χ1n) is 7.44. The molecule has 1 aromatic carbocycles. The molecule has 1 N–H and O–H groups in total. The predicted octanol–water partition coefficient (Wildman–Crippen LogP) is 3.18. The maximum absolute atomic E-state index is 11.9. The van der Waals surface area contributed by atoms with Crippen molar-refractivity contribution in [2.24, 2.45) is 0 Å². The van der Waals surface area contributed by atoms with E-state index in [2.05, 4.69) is 34.8 Å². The molecule has 0 bridgehead atoms. The highest BCUT2D eigenvalue weighted by Gasteiger charge is 2.13. The molecular weight excluding hydrogens is 278 g/mol. The van der Waals surface area contributed by atoms with Crippen molar-refractivity contribution >= 4 is 16.9 Å². The summed E-state index contributed by atoms with van der Waals surface area (Å²) in [5, 5.41) is 2.86. The maximum Gasteiger partial charge on any atom is 0.286 e. The van der Waals surface area contributed by atoms with Crippen LogP contribution in [0.15, 0.2) is 47.1 Å². The van der Waals surface area contributed by atoms with E-state index < -0.39 is 0 Å². The molecule has 1 amide bonds. The van der Waals surface area contributed by atoms with Crippen LogP contribution < -0.4 is 5.32 Å². The average Bonchev–Trinajstić information content (AvgIpc) is 3.14. The molecule has 0 fully saturated rings. The van der Waals surface area contributed by atoms with Gasteiger partial charge in [0.15, 0.2) is 5.76 Å². The van der Waals surface area contributed by atoms with Gasteiger partial charge in [0, 0.05) is 19.0 Å². The lowest BCUT2D eigenvalue weighted by molar-refractivity contribution is 0.0926. The molecule has 2 heterocycles. The number of para-hydroxylation sites is 2. The lowest BCUT2D eigenvalue weighted by Gasteiger charge is -2.13. The van der Waals surface area contributed by atoms with Crippen LogP contribution in [-0.4, -0.2) is 22.0 Å². The fraction of sp³-hybridized carbons (Fsp3) is 0.294. The van der Waals surface area contributed by atoms with Crippen LogP contribution in [0.5, 0.6) is 0 Å². The summed E-state index contributed by atoms with van der Waals surface area (Å²) in [5.74, 6) is 1.12. The Labute approximate surface area is 129 Å². The van der Waals surface area contributed by atoms with E-state index in [-0.39, 0.29) is 5.91 Å². The molecule has 0 aliphatic carbocycles. The Morgan fingerprint density at radius 1 is 1.27 bits per heavy atom. The zero-order valence-corrected chi connectivity index (χ0v) is 12.7. The molecule has 0 saturated heterocycles. The van der Waals surface area contributed by atoms with Crippen LogP contribution in [0.3, 0.4) is 0 Å². The van der Waals surface area contributed by atoms with E-state index in [4.69, 9.17) is 4.42 Å². The van der Waals surface area contributed by atoms with Gasteiger partial charge in [-0.05, 0) is 38.1 Å². The van der Waals surface area contributed by atoms with Crippen molar-refractivity contribution < 1.29 is 9.21 Å². The molecular formula is C17H19N3O2. The van der Waals surface area contributed by atoms with E-state index in [0.29, 0.717) is 24.8 Å². The smallest absolute Gasteiger partial charge is 0.286 e. The van der Waals surface area contributed by atoms with Gasteiger partial charge in [-0.2, -0.15) is 0 Å². The van der Waals surface area contributed by atoms with Crippen LogP contribution in [0, 0.1) is 0 Å². The second kappa shape index (κ2) is 6.05. The summed E-state index contributed by atoms with van der Waals surface area (Å²) in [6.07, 6.45) is 2.17. The Balaban J connectivity index is 1.74. The standard InChI is InChI=1S/C17H19N3O2/c1-12(2)20-14-7-4-3-6-13(14)19-16(20)9-10-18-17(21)15-8-5-11-22-15/h3-8,11-12H,9-10H2,1-2H3,(H,18,21). The quantitative estimate of drug-likeness (QED) is 0.787. The number of nitrogens with one attached hydrogen (secondary N) is 1. The van der Waals surface area contributed by atoms with E-state index >= 15 is 0 Å². The third-order valence-electron chi connectivity index (χ3n) is 3.56. The highest BCUT2D eigenvalue weighted by atomic mass is 16.3. The van der Waals surface area contributed by atoms with Gasteiger partial charge in [-0.15, -0.1) is 0 Å². The summed E-state index contributed by atoms with van der Waals surface area (Å²) >= 11 is 0. The van der Waals surface area contributed by atoms with E-state index in [9.17, 15) is 4.79 Å². The van der Waals surface area contributed by atoms with Crippen LogP contribution in [0.2, 0.25) is 0 Å². The summed E-state index contributed by atoms with van der Waals surface area (Å²) in [6, 6.07) is 11.8. The monoisotopic (exact) mass is 297 g/mol. The number of rotatable bonds is 5. The van der Waals surface area contributed by atoms with Crippen LogP contribution in [0.4, 0.5) is 0 Å². The molecule has 3 rings (SSSR count). The number of amides is 1. The van der Waals surface area contributed by atoms with Crippen LogP contribution >= 0.6 is 0 Å². The highest BCUT2D eigenvalue weighted by molar-refractivity contribution is 5.91. The summed E-state index contributed by atoms with van der Waals surface area (Å²) in [4.78, 5) is 16.5. The molecule has 114 valence electrons. The van der Waals surface area contributed by atoms with Crippen LogP contribution in [-0.2, 0) is 6.42 Å². The number of aromatic nitrogens is 2. The zero-order valence-electron chi connectivity index (χ0n) is 12.7. The highest BCUT2D eigenvalue weighted by Crippen LogP contribution is 2.21. The van der Waals surface area contributed by atoms with E-state index in [1.54, 1.807) is 12.1 Å². The SMILES string of the molecule is CC(C)n1c(CCNC(=O)c2ccco2)nc2ccccc21. The number of imidazole rings is 1. The maximum atomic E-state index is 11.9. The molecule has 0 aliphatic rings. The van der Waals surface area contributed by atoms with E-state index in [0.717, 1.165) is 16.9 Å². The van der Waals surface area contributed by atoms with Crippen molar-refractivity contribution in [3.8, 4) is 0 Å². The number of carbonyl (C=O) groups excluding carboxylic acids is 1. The minimum atomic E-state index is -0.197. The number of carbonyl (C=O) groups is 1. The molecule has 0 aliphatic heterocycles. The van der Waals surface area contributed by atoms with Crippen molar-refractivity contribution in [2.45, 2.75) is 26.3 Å². The van der Waals surface area contributed by atoms with Crippen LogP contribution in [0.1, 0.15) is 36.3 Å². The molecule has 3 aromatic rings. The van der Waals surface area contributed by atoms with Gasteiger partial charge in [0.2, 0.25) is 0 Å². The molecule has 0 spiro atoms. The van der Waals surface area contributed by atoms with Crippen molar-refractivity contribution in [3.63, 3.8) is 0 Å². The Morgan fingerprint density at radius 3 is 2.82 bits per heavy atom. The van der Waals surface area contributed by atoms with Gasteiger partial charge in [0.1, 0.15) is 5.82 Å². The Hall–Kier alpha value is -2.56. The summed E-state index contributed by atoms with van der Waals surface area (Å²) < 4.78 is 7.29. The minimum absolute atomic E-state index is 0.197. The number of benzene rings is 1. The van der Waals surface area contributed by atoms with Gasteiger partial charge in [-0.25, -0.2) is 4.98 Å². The fourth-order valence-corrected chi connectivity index (χ4v) is 2.63. The molecule has 0 unspecified atom stereocenters. The number of hydrogen-bond donors (Lipinski definition) is 1. The Bertz CT molecular complexity index is 772. The fourth-order valence-electron chi connectivity index (χ4n) is 2.63. The second-order valence-electron chi connectivity index (χ2n) is 5.46. The molecule has 5 heteroatoms. The lowest BCUT2D eigenvalue weighted by atomic mass is 10.3. The molecule has 2 aromatic heterocycles. The van der Waals surface area contributed by atoms with Crippen molar-refractivity contribution in [2.75, 3.05) is 6.54 Å². The van der Waals surface area contributed by atoms with Gasteiger partial charge < -0.3 is 14.3 Å². The summed E-state index contributed by atoms with van der Waals surface area (Å²) in [6.45, 7) is 4.80. The first-order valence-corrected chi connectivity index (χ1v) is 7.44. The molecule has 0 radical (unpaired) electrons. The number of fused-ring (bicyclic) bond motifs is 1. The predicted molar refractivity (Wildman–Crippen MR) is 84.9 cm³/mol. The normalized spacial score (nSPS) is 11.2. The third kappa shape index (κ3) is 2.74. The molecule has 5 nitrogen and oxygen atoms in total. The first-order chi connectivity index (χ1) is 10.7. The largest absolute Gasteiger partial charge is 0.459 e. The Kier molecular flexibility index (Phi) is 3.96. The van der Waals surface area contributed by atoms with E-state index in [1.807, 2.05) is 18.2 Å². The lowest BCUT2D eigenvalue weighted by Crippen LogP contribution is -2.26. The van der Waals surface area contributed by atoms with Gasteiger partial charge in [-0.1, -0.05) is 12.1 Å². The zero-order chi connectivity index (χ0) is 15.5. The van der Waals surface area contributed by atoms with Crippen molar-refractivity contribution in [1.82, 2.24) is 14.9 Å². The summed E-state index contributed by atoms with van der Waals surface area (Å²) in [5.41, 5.74) is 2.12. The molecule has 0 atom stereocenters.